The third-order valence-corrected chi connectivity index (χ3v) is 4.27. The predicted molar refractivity (Wildman–Crippen MR) is 90.5 cm³/mol. The van der Waals surface area contributed by atoms with Gasteiger partial charge in [0.15, 0.2) is 0 Å². The fourth-order valence-electron chi connectivity index (χ4n) is 2.92. The Bertz CT molecular complexity index is 785. The molecule has 1 aliphatic carbocycles. The topological polar surface area (TPSA) is 58.2 Å². The molecule has 0 saturated heterocycles. The van der Waals surface area contributed by atoms with Crippen LogP contribution in [0.3, 0.4) is 0 Å². The zero-order valence-corrected chi connectivity index (χ0v) is 13.5. The van der Waals surface area contributed by atoms with Gasteiger partial charge in [0.25, 0.3) is 11.8 Å². The first-order valence-corrected chi connectivity index (χ1v) is 8.20. The van der Waals surface area contributed by atoms with Gasteiger partial charge < -0.3 is 10.6 Å². The third kappa shape index (κ3) is 4.21. The Morgan fingerprint density at radius 2 is 1.60 bits per heavy atom. The number of carbonyl (C=O) groups is 2. The Labute approximate surface area is 144 Å². The maximum absolute atomic E-state index is 13.6. The van der Waals surface area contributed by atoms with Crippen molar-refractivity contribution in [3.63, 3.8) is 0 Å². The highest BCUT2D eigenvalue weighted by molar-refractivity contribution is 6.04. The Morgan fingerprint density at radius 3 is 2.24 bits per heavy atom. The van der Waals surface area contributed by atoms with Crippen molar-refractivity contribution < 1.29 is 18.4 Å². The van der Waals surface area contributed by atoms with Gasteiger partial charge in [-0.1, -0.05) is 12.8 Å². The molecule has 6 heteroatoms. The van der Waals surface area contributed by atoms with Gasteiger partial charge in [-0.05, 0) is 49.2 Å². The first-order chi connectivity index (χ1) is 12.0. The van der Waals surface area contributed by atoms with Crippen LogP contribution in [-0.4, -0.2) is 17.9 Å². The molecule has 25 heavy (non-hydrogen) atoms. The van der Waals surface area contributed by atoms with E-state index >= 15 is 0 Å². The maximum atomic E-state index is 13.6. The summed E-state index contributed by atoms with van der Waals surface area (Å²) in [6, 6.07) is 9.34. The van der Waals surface area contributed by atoms with Crippen LogP contribution < -0.4 is 10.6 Å². The van der Waals surface area contributed by atoms with E-state index in [2.05, 4.69) is 10.6 Å². The smallest absolute Gasteiger partial charge is 0.258 e. The largest absolute Gasteiger partial charge is 0.349 e. The van der Waals surface area contributed by atoms with Crippen LogP contribution in [0.25, 0.3) is 0 Å². The second-order valence-electron chi connectivity index (χ2n) is 6.11. The van der Waals surface area contributed by atoms with Crippen molar-refractivity contribution >= 4 is 17.5 Å². The minimum absolute atomic E-state index is 0.144. The summed E-state index contributed by atoms with van der Waals surface area (Å²) in [5, 5.41) is 5.51. The summed E-state index contributed by atoms with van der Waals surface area (Å²) in [6.07, 6.45) is 4.28. The lowest BCUT2D eigenvalue weighted by Gasteiger charge is -2.12. The first kappa shape index (κ1) is 17.1. The van der Waals surface area contributed by atoms with Gasteiger partial charge in [0.1, 0.15) is 11.6 Å². The van der Waals surface area contributed by atoms with E-state index in [1.54, 1.807) is 24.3 Å². The lowest BCUT2D eigenvalue weighted by atomic mass is 10.1. The quantitative estimate of drug-likeness (QED) is 0.884. The van der Waals surface area contributed by atoms with Crippen molar-refractivity contribution in [2.45, 2.75) is 31.7 Å². The van der Waals surface area contributed by atoms with E-state index in [0.717, 1.165) is 37.8 Å². The normalized spacial score (nSPS) is 14.3. The van der Waals surface area contributed by atoms with Gasteiger partial charge >= 0.3 is 0 Å². The molecular formula is C19H18F2N2O2. The molecule has 0 spiro atoms. The van der Waals surface area contributed by atoms with E-state index in [4.69, 9.17) is 0 Å². The molecule has 0 bridgehead atoms. The minimum atomic E-state index is -0.926. The molecule has 0 aliphatic heterocycles. The van der Waals surface area contributed by atoms with Gasteiger partial charge in [-0.2, -0.15) is 0 Å². The summed E-state index contributed by atoms with van der Waals surface area (Å²) in [7, 11) is 0. The van der Waals surface area contributed by atoms with Crippen molar-refractivity contribution in [1.29, 1.82) is 0 Å². The first-order valence-electron chi connectivity index (χ1n) is 8.20. The number of hydrogen-bond donors (Lipinski definition) is 2. The van der Waals surface area contributed by atoms with E-state index in [1.165, 1.54) is 0 Å². The second-order valence-corrected chi connectivity index (χ2v) is 6.11. The number of nitrogens with one attached hydrogen (secondary N) is 2. The molecule has 0 unspecified atom stereocenters. The van der Waals surface area contributed by atoms with E-state index in [9.17, 15) is 18.4 Å². The minimum Gasteiger partial charge on any atom is -0.349 e. The van der Waals surface area contributed by atoms with Crippen molar-refractivity contribution in [3.05, 3.63) is 65.2 Å². The average molecular weight is 344 g/mol. The predicted octanol–water partition coefficient (Wildman–Crippen LogP) is 3.89. The Morgan fingerprint density at radius 1 is 0.920 bits per heavy atom. The highest BCUT2D eigenvalue weighted by Gasteiger charge is 2.18. The lowest BCUT2D eigenvalue weighted by Crippen LogP contribution is -2.32. The summed E-state index contributed by atoms with van der Waals surface area (Å²) in [5.41, 5.74) is 0.674. The van der Waals surface area contributed by atoms with Crippen LogP contribution in [0.15, 0.2) is 42.5 Å². The van der Waals surface area contributed by atoms with Crippen molar-refractivity contribution in [1.82, 2.24) is 5.32 Å². The summed E-state index contributed by atoms with van der Waals surface area (Å²) in [6.45, 7) is 0. The van der Waals surface area contributed by atoms with Crippen LogP contribution in [0.5, 0.6) is 0 Å². The molecule has 4 nitrogen and oxygen atoms in total. The number of benzene rings is 2. The fourth-order valence-corrected chi connectivity index (χ4v) is 2.92. The van der Waals surface area contributed by atoms with E-state index < -0.39 is 17.5 Å². The monoisotopic (exact) mass is 344 g/mol. The Hall–Kier alpha value is -2.76. The van der Waals surface area contributed by atoms with Gasteiger partial charge in [-0.25, -0.2) is 8.78 Å². The molecule has 1 fully saturated rings. The highest BCUT2D eigenvalue weighted by Crippen LogP contribution is 2.19. The molecule has 0 radical (unpaired) electrons. The number of halogens is 2. The molecule has 3 rings (SSSR count). The molecule has 1 aliphatic rings. The fraction of sp³-hybridized carbons (Fsp3) is 0.263. The van der Waals surface area contributed by atoms with Crippen LogP contribution in [-0.2, 0) is 0 Å². The molecule has 0 atom stereocenters. The number of amides is 2. The standard InChI is InChI=1S/C19H18F2N2O2/c20-13-7-10-16(17(21)11-13)19(25)23-15-8-5-12(6-9-15)18(24)22-14-3-1-2-4-14/h5-11,14H,1-4H2,(H,22,24)(H,23,25). The van der Waals surface area contributed by atoms with Crippen molar-refractivity contribution in [2.24, 2.45) is 0 Å². The second kappa shape index (κ2) is 7.42. The van der Waals surface area contributed by atoms with E-state index in [0.29, 0.717) is 17.3 Å². The molecule has 2 aromatic carbocycles. The maximum Gasteiger partial charge on any atom is 0.258 e. The summed E-state index contributed by atoms with van der Waals surface area (Å²) in [4.78, 5) is 24.2. The molecule has 1 saturated carbocycles. The molecule has 2 amide bonds. The van der Waals surface area contributed by atoms with Gasteiger partial charge in [-0.15, -0.1) is 0 Å². The molecule has 0 aromatic heterocycles. The van der Waals surface area contributed by atoms with Gasteiger partial charge in [0.05, 0.1) is 5.56 Å². The zero-order valence-electron chi connectivity index (χ0n) is 13.5. The number of hydrogen-bond acceptors (Lipinski definition) is 2. The van der Waals surface area contributed by atoms with Gasteiger partial charge in [0, 0.05) is 23.4 Å². The van der Waals surface area contributed by atoms with Crippen LogP contribution in [0, 0.1) is 11.6 Å². The Balaban J connectivity index is 1.63. The molecular weight excluding hydrogens is 326 g/mol. The molecule has 0 heterocycles. The third-order valence-electron chi connectivity index (χ3n) is 4.27. The number of rotatable bonds is 4. The number of carbonyl (C=O) groups excluding carboxylic acids is 2. The van der Waals surface area contributed by atoms with E-state index in [-0.39, 0.29) is 17.5 Å². The van der Waals surface area contributed by atoms with Crippen molar-refractivity contribution in [2.75, 3.05) is 5.32 Å². The highest BCUT2D eigenvalue weighted by atomic mass is 19.1. The molecule has 2 N–H and O–H groups in total. The van der Waals surface area contributed by atoms with Crippen LogP contribution in [0.4, 0.5) is 14.5 Å². The molecule has 2 aromatic rings. The summed E-state index contributed by atoms with van der Waals surface area (Å²) >= 11 is 0. The molecule has 130 valence electrons. The van der Waals surface area contributed by atoms with Crippen LogP contribution in [0.1, 0.15) is 46.4 Å². The average Bonchev–Trinajstić information content (AvgIpc) is 3.08. The zero-order chi connectivity index (χ0) is 17.8. The van der Waals surface area contributed by atoms with Gasteiger partial charge in [0.2, 0.25) is 0 Å². The van der Waals surface area contributed by atoms with Crippen LogP contribution >= 0.6 is 0 Å². The summed E-state index contributed by atoms with van der Waals surface area (Å²) < 4.78 is 26.5. The SMILES string of the molecule is O=C(NC1CCCC1)c1ccc(NC(=O)c2ccc(F)cc2F)cc1. The van der Waals surface area contributed by atoms with Gasteiger partial charge in [-0.3, -0.25) is 9.59 Å². The number of anilines is 1. The van der Waals surface area contributed by atoms with Crippen molar-refractivity contribution in [3.8, 4) is 0 Å². The van der Waals surface area contributed by atoms with Crippen LogP contribution in [0.2, 0.25) is 0 Å². The summed E-state index contributed by atoms with van der Waals surface area (Å²) in [5.74, 6) is -2.49. The lowest BCUT2D eigenvalue weighted by molar-refractivity contribution is 0.0937. The Kier molecular flexibility index (Phi) is 5.07. The van der Waals surface area contributed by atoms with E-state index in [1.807, 2.05) is 0 Å².